The SMILES string of the molecule is Cc1cc(Br)cnc1-n1ccc2c1CCCC2N. The summed E-state index contributed by atoms with van der Waals surface area (Å²) in [5.41, 5.74) is 9.94. The van der Waals surface area contributed by atoms with Gasteiger partial charge in [0.25, 0.3) is 0 Å². The van der Waals surface area contributed by atoms with Crippen LogP contribution in [0.25, 0.3) is 5.82 Å². The molecule has 0 radical (unpaired) electrons. The van der Waals surface area contributed by atoms with Gasteiger partial charge in [-0.2, -0.15) is 0 Å². The Kier molecular flexibility index (Phi) is 2.99. The van der Waals surface area contributed by atoms with Gasteiger partial charge in [0.1, 0.15) is 5.82 Å². The Hall–Kier alpha value is -1.13. The zero-order valence-corrected chi connectivity index (χ0v) is 11.9. The molecule has 2 N–H and O–H groups in total. The number of aromatic nitrogens is 2. The van der Waals surface area contributed by atoms with E-state index in [9.17, 15) is 0 Å². The van der Waals surface area contributed by atoms with E-state index in [-0.39, 0.29) is 6.04 Å². The van der Waals surface area contributed by atoms with E-state index in [1.54, 1.807) is 0 Å². The highest BCUT2D eigenvalue weighted by molar-refractivity contribution is 9.10. The Morgan fingerprint density at radius 3 is 3.11 bits per heavy atom. The molecule has 3 nitrogen and oxygen atoms in total. The first-order chi connectivity index (χ1) is 8.66. The molecule has 2 aromatic rings. The molecule has 18 heavy (non-hydrogen) atoms. The number of aryl methyl sites for hydroxylation is 1. The highest BCUT2D eigenvalue weighted by atomic mass is 79.9. The Morgan fingerprint density at radius 2 is 2.33 bits per heavy atom. The average molecular weight is 306 g/mol. The molecule has 94 valence electrons. The van der Waals surface area contributed by atoms with Crippen molar-refractivity contribution in [3.63, 3.8) is 0 Å². The lowest BCUT2D eigenvalue weighted by molar-refractivity contribution is 0.559. The molecular weight excluding hydrogens is 290 g/mol. The molecule has 0 saturated carbocycles. The Balaban J connectivity index is 2.12. The van der Waals surface area contributed by atoms with Crippen LogP contribution in [-0.4, -0.2) is 9.55 Å². The van der Waals surface area contributed by atoms with Crippen LogP contribution in [0.15, 0.2) is 29.0 Å². The van der Waals surface area contributed by atoms with Crippen molar-refractivity contribution < 1.29 is 0 Å². The van der Waals surface area contributed by atoms with Crippen LogP contribution in [0.5, 0.6) is 0 Å². The predicted molar refractivity (Wildman–Crippen MR) is 75.9 cm³/mol. The van der Waals surface area contributed by atoms with Crippen LogP contribution in [0.3, 0.4) is 0 Å². The van der Waals surface area contributed by atoms with Crippen LogP contribution in [0, 0.1) is 6.92 Å². The lowest BCUT2D eigenvalue weighted by atomic mass is 9.93. The lowest BCUT2D eigenvalue weighted by Crippen LogP contribution is -2.18. The maximum atomic E-state index is 6.16. The van der Waals surface area contributed by atoms with Crippen molar-refractivity contribution in [3.8, 4) is 5.82 Å². The summed E-state index contributed by atoms with van der Waals surface area (Å²) in [6, 6.07) is 4.42. The molecular formula is C14H16BrN3. The molecule has 0 aliphatic heterocycles. The van der Waals surface area contributed by atoms with Gasteiger partial charge in [-0.1, -0.05) is 0 Å². The van der Waals surface area contributed by atoms with E-state index in [0.717, 1.165) is 29.6 Å². The van der Waals surface area contributed by atoms with Crippen LogP contribution in [-0.2, 0) is 6.42 Å². The van der Waals surface area contributed by atoms with Crippen molar-refractivity contribution in [2.45, 2.75) is 32.2 Å². The third-order valence-electron chi connectivity index (χ3n) is 3.60. The van der Waals surface area contributed by atoms with Gasteiger partial charge >= 0.3 is 0 Å². The van der Waals surface area contributed by atoms with E-state index in [4.69, 9.17) is 5.73 Å². The summed E-state index contributed by atoms with van der Waals surface area (Å²) >= 11 is 3.45. The topological polar surface area (TPSA) is 43.8 Å². The smallest absolute Gasteiger partial charge is 0.139 e. The molecule has 0 aromatic carbocycles. The summed E-state index contributed by atoms with van der Waals surface area (Å²) in [4.78, 5) is 4.53. The minimum absolute atomic E-state index is 0.186. The lowest BCUT2D eigenvalue weighted by Gasteiger charge is -2.21. The summed E-state index contributed by atoms with van der Waals surface area (Å²) in [6.07, 6.45) is 7.28. The molecule has 0 amide bonds. The largest absolute Gasteiger partial charge is 0.324 e. The van der Waals surface area contributed by atoms with Crippen LogP contribution < -0.4 is 5.73 Å². The third kappa shape index (κ3) is 1.89. The summed E-state index contributed by atoms with van der Waals surface area (Å²) in [6.45, 7) is 2.09. The fraction of sp³-hybridized carbons (Fsp3) is 0.357. The van der Waals surface area contributed by atoms with E-state index in [0.29, 0.717) is 0 Å². The zero-order valence-electron chi connectivity index (χ0n) is 10.4. The maximum Gasteiger partial charge on any atom is 0.139 e. The van der Waals surface area contributed by atoms with Gasteiger partial charge < -0.3 is 10.3 Å². The van der Waals surface area contributed by atoms with Gasteiger partial charge in [-0.15, -0.1) is 0 Å². The van der Waals surface area contributed by atoms with Crippen molar-refractivity contribution in [1.82, 2.24) is 9.55 Å². The molecule has 0 fully saturated rings. The number of fused-ring (bicyclic) bond motifs is 1. The second kappa shape index (κ2) is 4.52. The molecule has 1 aliphatic carbocycles. The first kappa shape index (κ1) is 11.9. The van der Waals surface area contributed by atoms with E-state index in [2.05, 4.69) is 50.7 Å². The second-order valence-electron chi connectivity index (χ2n) is 4.88. The fourth-order valence-corrected chi connectivity index (χ4v) is 3.16. The molecule has 1 atom stereocenters. The number of hydrogen-bond acceptors (Lipinski definition) is 2. The number of nitrogens with zero attached hydrogens (tertiary/aromatic N) is 2. The Morgan fingerprint density at radius 1 is 1.50 bits per heavy atom. The molecule has 0 spiro atoms. The van der Waals surface area contributed by atoms with Gasteiger partial charge in [-0.25, -0.2) is 4.98 Å². The molecule has 1 unspecified atom stereocenters. The highest BCUT2D eigenvalue weighted by Crippen LogP contribution is 2.31. The van der Waals surface area contributed by atoms with E-state index in [1.165, 1.54) is 16.8 Å². The normalized spacial score (nSPS) is 18.7. The van der Waals surface area contributed by atoms with E-state index in [1.807, 2.05) is 6.20 Å². The van der Waals surface area contributed by atoms with E-state index < -0.39 is 0 Å². The minimum Gasteiger partial charge on any atom is -0.324 e. The van der Waals surface area contributed by atoms with Gasteiger partial charge in [0.2, 0.25) is 0 Å². The number of pyridine rings is 1. The highest BCUT2D eigenvalue weighted by Gasteiger charge is 2.21. The molecule has 2 heterocycles. The Bertz CT molecular complexity index is 589. The van der Waals surface area contributed by atoms with Crippen molar-refractivity contribution in [3.05, 3.63) is 45.8 Å². The monoisotopic (exact) mass is 305 g/mol. The molecule has 3 rings (SSSR count). The quantitative estimate of drug-likeness (QED) is 0.878. The molecule has 0 saturated heterocycles. The predicted octanol–water partition coefficient (Wildman–Crippen LogP) is 3.28. The summed E-state index contributed by atoms with van der Waals surface area (Å²) in [5.74, 6) is 1.01. The first-order valence-corrected chi connectivity index (χ1v) is 7.04. The third-order valence-corrected chi connectivity index (χ3v) is 4.03. The second-order valence-corrected chi connectivity index (χ2v) is 5.80. The number of rotatable bonds is 1. The van der Waals surface area contributed by atoms with Gasteiger partial charge in [0.05, 0.1) is 0 Å². The molecule has 2 aromatic heterocycles. The van der Waals surface area contributed by atoms with Crippen molar-refractivity contribution >= 4 is 15.9 Å². The van der Waals surface area contributed by atoms with E-state index >= 15 is 0 Å². The molecule has 1 aliphatic rings. The zero-order chi connectivity index (χ0) is 12.7. The van der Waals surface area contributed by atoms with Crippen LogP contribution in [0.2, 0.25) is 0 Å². The number of halogens is 1. The van der Waals surface area contributed by atoms with Gasteiger partial charge in [0, 0.05) is 28.6 Å². The van der Waals surface area contributed by atoms with Crippen LogP contribution >= 0.6 is 15.9 Å². The summed E-state index contributed by atoms with van der Waals surface area (Å²) < 4.78 is 3.21. The fourth-order valence-electron chi connectivity index (χ4n) is 2.71. The van der Waals surface area contributed by atoms with Crippen molar-refractivity contribution in [2.75, 3.05) is 0 Å². The van der Waals surface area contributed by atoms with Gasteiger partial charge in [-0.3, -0.25) is 0 Å². The molecule has 4 heteroatoms. The summed E-state index contributed by atoms with van der Waals surface area (Å²) in [5, 5.41) is 0. The van der Waals surface area contributed by atoms with Crippen molar-refractivity contribution in [2.24, 2.45) is 5.73 Å². The van der Waals surface area contributed by atoms with Crippen LogP contribution in [0.1, 0.15) is 35.7 Å². The van der Waals surface area contributed by atoms with Crippen molar-refractivity contribution in [1.29, 1.82) is 0 Å². The number of hydrogen-bond donors (Lipinski definition) is 1. The number of nitrogens with two attached hydrogens (primary N) is 1. The van der Waals surface area contributed by atoms with Gasteiger partial charge in [0.15, 0.2) is 0 Å². The summed E-state index contributed by atoms with van der Waals surface area (Å²) in [7, 11) is 0. The van der Waals surface area contributed by atoms with Gasteiger partial charge in [-0.05, 0) is 65.4 Å². The maximum absolute atomic E-state index is 6.16. The average Bonchev–Trinajstić information content (AvgIpc) is 2.74. The molecule has 0 bridgehead atoms. The van der Waals surface area contributed by atoms with Crippen LogP contribution in [0.4, 0.5) is 0 Å². The minimum atomic E-state index is 0.186. The first-order valence-electron chi connectivity index (χ1n) is 6.25. The Labute approximate surface area is 115 Å². The standard InChI is InChI=1S/C14H16BrN3/c1-9-7-10(15)8-17-14(9)18-6-5-11-12(16)3-2-4-13(11)18/h5-8,12H,2-4,16H2,1H3.